The first-order valence-electron chi connectivity index (χ1n) is 10.8. The molecule has 0 atom stereocenters. The first kappa shape index (κ1) is 25.2. The molecule has 1 saturated heterocycles. The van der Waals surface area contributed by atoms with Crippen molar-refractivity contribution in [2.24, 2.45) is 5.92 Å². The number of likely N-dealkylation sites (tertiary alicyclic amines) is 1. The summed E-state index contributed by atoms with van der Waals surface area (Å²) in [4.78, 5) is 49.6. The second-order valence-corrected chi connectivity index (χ2v) is 8.54. The third kappa shape index (κ3) is 8.20. The van der Waals surface area contributed by atoms with Gasteiger partial charge >= 0.3 is 18.0 Å². The minimum atomic E-state index is -0.605. The van der Waals surface area contributed by atoms with Gasteiger partial charge in [0.05, 0.1) is 18.1 Å². The molecule has 176 valence electrons. The summed E-state index contributed by atoms with van der Waals surface area (Å²) in [6, 6.07) is 6.53. The van der Waals surface area contributed by atoms with E-state index in [4.69, 9.17) is 14.2 Å². The monoisotopic (exact) mass is 448 g/mol. The minimum absolute atomic E-state index is 0.190. The standard InChI is InChI=1S/C23H32N2O7/c1-5-30-20(27)18-10-12-25(13-11-18)19(26)15-31-21(28)17-8-6-16(7-9-17)14-24-22(29)32-23(2,3)4/h6-9,18H,5,10-15H2,1-4H3,(H,24,29). The molecule has 0 radical (unpaired) electrons. The molecule has 0 spiro atoms. The van der Waals surface area contributed by atoms with Crippen LogP contribution in [0.2, 0.25) is 0 Å². The maximum absolute atomic E-state index is 12.3. The third-order valence-electron chi connectivity index (χ3n) is 4.82. The van der Waals surface area contributed by atoms with Gasteiger partial charge in [0.1, 0.15) is 5.60 Å². The number of nitrogens with one attached hydrogen (secondary N) is 1. The fraction of sp³-hybridized carbons (Fsp3) is 0.565. The molecule has 0 aromatic heterocycles. The molecular formula is C23H32N2O7. The van der Waals surface area contributed by atoms with Crippen molar-refractivity contribution < 1.29 is 33.4 Å². The summed E-state index contributed by atoms with van der Waals surface area (Å²) in [7, 11) is 0. The molecule has 0 bridgehead atoms. The molecule has 1 N–H and O–H groups in total. The zero-order valence-electron chi connectivity index (χ0n) is 19.1. The fourth-order valence-electron chi connectivity index (χ4n) is 3.17. The molecule has 0 unspecified atom stereocenters. The molecule has 0 aliphatic carbocycles. The predicted molar refractivity (Wildman–Crippen MR) is 116 cm³/mol. The Bertz CT molecular complexity index is 807. The van der Waals surface area contributed by atoms with Crippen LogP contribution in [0.4, 0.5) is 4.79 Å². The van der Waals surface area contributed by atoms with Gasteiger partial charge in [-0.15, -0.1) is 0 Å². The van der Waals surface area contributed by atoms with Crippen LogP contribution in [-0.2, 0) is 30.3 Å². The van der Waals surface area contributed by atoms with Crippen molar-refractivity contribution in [3.05, 3.63) is 35.4 Å². The van der Waals surface area contributed by atoms with Gasteiger partial charge in [-0.3, -0.25) is 9.59 Å². The van der Waals surface area contributed by atoms with Gasteiger partial charge in [-0.2, -0.15) is 0 Å². The number of ether oxygens (including phenoxy) is 3. The summed E-state index contributed by atoms with van der Waals surface area (Å²) >= 11 is 0. The lowest BCUT2D eigenvalue weighted by molar-refractivity contribution is -0.151. The normalized spacial score (nSPS) is 14.4. The summed E-state index contributed by atoms with van der Waals surface area (Å²) in [5.74, 6) is -1.31. The quantitative estimate of drug-likeness (QED) is 0.504. The fourth-order valence-corrected chi connectivity index (χ4v) is 3.17. The van der Waals surface area contributed by atoms with Gasteiger partial charge in [-0.1, -0.05) is 12.1 Å². The van der Waals surface area contributed by atoms with E-state index in [1.807, 2.05) is 0 Å². The molecular weight excluding hydrogens is 416 g/mol. The SMILES string of the molecule is CCOC(=O)C1CCN(C(=O)COC(=O)c2ccc(CNC(=O)OC(C)(C)C)cc2)CC1. The number of piperidine rings is 1. The Hall–Kier alpha value is -3.10. The summed E-state index contributed by atoms with van der Waals surface area (Å²) < 4.78 is 15.3. The molecule has 1 aliphatic heterocycles. The number of carbonyl (C=O) groups excluding carboxylic acids is 4. The molecule has 2 amide bonds. The van der Waals surface area contributed by atoms with Crippen LogP contribution >= 0.6 is 0 Å². The van der Waals surface area contributed by atoms with Crippen LogP contribution in [0.3, 0.4) is 0 Å². The van der Waals surface area contributed by atoms with Crippen LogP contribution in [0.15, 0.2) is 24.3 Å². The summed E-state index contributed by atoms with van der Waals surface area (Å²) in [5.41, 5.74) is 0.513. The first-order valence-corrected chi connectivity index (χ1v) is 10.8. The zero-order valence-corrected chi connectivity index (χ0v) is 19.1. The highest BCUT2D eigenvalue weighted by Crippen LogP contribution is 2.19. The van der Waals surface area contributed by atoms with Crippen molar-refractivity contribution in [3.63, 3.8) is 0 Å². The van der Waals surface area contributed by atoms with Crippen molar-refractivity contribution in [2.75, 3.05) is 26.3 Å². The zero-order chi connectivity index (χ0) is 23.7. The number of hydrogen-bond donors (Lipinski definition) is 1. The number of esters is 2. The lowest BCUT2D eigenvalue weighted by Crippen LogP contribution is -2.42. The second-order valence-electron chi connectivity index (χ2n) is 8.54. The summed E-state index contributed by atoms with van der Waals surface area (Å²) in [6.45, 7) is 8.21. The van der Waals surface area contributed by atoms with Gasteiger partial charge in [0.2, 0.25) is 0 Å². The average Bonchev–Trinajstić information content (AvgIpc) is 2.75. The number of carbonyl (C=O) groups is 4. The maximum Gasteiger partial charge on any atom is 0.407 e. The van der Waals surface area contributed by atoms with Crippen molar-refractivity contribution >= 4 is 23.9 Å². The lowest BCUT2D eigenvalue weighted by atomic mass is 9.97. The van der Waals surface area contributed by atoms with Crippen molar-refractivity contribution in [1.82, 2.24) is 10.2 Å². The highest BCUT2D eigenvalue weighted by Gasteiger charge is 2.28. The minimum Gasteiger partial charge on any atom is -0.466 e. The van der Waals surface area contributed by atoms with E-state index >= 15 is 0 Å². The molecule has 0 saturated carbocycles. The summed E-state index contributed by atoms with van der Waals surface area (Å²) in [5, 5.41) is 2.64. The van der Waals surface area contributed by atoms with Gasteiger partial charge in [-0.25, -0.2) is 9.59 Å². The van der Waals surface area contributed by atoms with Gasteiger partial charge in [0, 0.05) is 19.6 Å². The third-order valence-corrected chi connectivity index (χ3v) is 4.82. The average molecular weight is 449 g/mol. The van der Waals surface area contributed by atoms with E-state index in [9.17, 15) is 19.2 Å². The number of benzene rings is 1. The number of amides is 2. The van der Waals surface area contributed by atoms with Gasteiger partial charge in [-0.05, 0) is 58.2 Å². The topological polar surface area (TPSA) is 111 Å². The van der Waals surface area contributed by atoms with Gasteiger partial charge < -0.3 is 24.4 Å². The van der Waals surface area contributed by atoms with Crippen molar-refractivity contribution in [3.8, 4) is 0 Å². The van der Waals surface area contributed by atoms with Crippen LogP contribution in [0, 0.1) is 5.92 Å². The molecule has 9 heteroatoms. The van der Waals surface area contributed by atoms with Crippen LogP contribution in [0.1, 0.15) is 56.5 Å². The Morgan fingerprint density at radius 2 is 1.66 bits per heavy atom. The highest BCUT2D eigenvalue weighted by molar-refractivity contribution is 5.91. The Balaban J connectivity index is 1.74. The second kappa shape index (κ2) is 11.5. The van der Waals surface area contributed by atoms with E-state index in [1.54, 1.807) is 56.9 Å². The Morgan fingerprint density at radius 1 is 1.03 bits per heavy atom. The summed E-state index contributed by atoms with van der Waals surface area (Å²) in [6.07, 6.45) is 0.556. The van der Waals surface area contributed by atoms with Gasteiger partial charge in [0.15, 0.2) is 6.61 Å². The molecule has 2 rings (SSSR count). The van der Waals surface area contributed by atoms with E-state index in [1.165, 1.54) is 0 Å². The van der Waals surface area contributed by atoms with Crippen LogP contribution < -0.4 is 5.32 Å². The number of rotatable bonds is 7. The Kier molecular flexibility index (Phi) is 9.04. The number of nitrogens with zero attached hydrogens (tertiary/aromatic N) is 1. The molecule has 32 heavy (non-hydrogen) atoms. The molecule has 1 aromatic rings. The van der Waals surface area contributed by atoms with E-state index in [-0.39, 0.29) is 30.9 Å². The molecule has 1 aliphatic rings. The van der Waals surface area contributed by atoms with Gasteiger partial charge in [0.25, 0.3) is 5.91 Å². The molecule has 1 aromatic carbocycles. The van der Waals surface area contributed by atoms with Crippen LogP contribution in [0.25, 0.3) is 0 Å². The van der Waals surface area contributed by atoms with Crippen LogP contribution in [0.5, 0.6) is 0 Å². The van der Waals surface area contributed by atoms with E-state index < -0.39 is 17.7 Å². The maximum atomic E-state index is 12.3. The van der Waals surface area contributed by atoms with E-state index in [0.717, 1.165) is 5.56 Å². The first-order chi connectivity index (χ1) is 15.1. The molecule has 1 heterocycles. The number of alkyl carbamates (subject to hydrolysis) is 1. The van der Waals surface area contributed by atoms with Crippen LogP contribution in [-0.4, -0.2) is 60.7 Å². The predicted octanol–water partition coefficient (Wildman–Crippen LogP) is 2.67. The molecule has 1 fully saturated rings. The Labute approximate surface area is 188 Å². The lowest BCUT2D eigenvalue weighted by Gasteiger charge is -2.30. The van der Waals surface area contributed by atoms with Crippen molar-refractivity contribution in [2.45, 2.75) is 52.7 Å². The van der Waals surface area contributed by atoms with E-state index in [0.29, 0.717) is 38.1 Å². The Morgan fingerprint density at radius 3 is 2.22 bits per heavy atom. The number of hydrogen-bond acceptors (Lipinski definition) is 7. The largest absolute Gasteiger partial charge is 0.466 e. The van der Waals surface area contributed by atoms with E-state index in [2.05, 4.69) is 5.32 Å². The molecule has 9 nitrogen and oxygen atoms in total. The van der Waals surface area contributed by atoms with Crippen molar-refractivity contribution in [1.29, 1.82) is 0 Å². The highest BCUT2D eigenvalue weighted by atomic mass is 16.6. The smallest absolute Gasteiger partial charge is 0.407 e.